The fraction of sp³-hybridized carbons (Fsp3) is 0.526. The maximum absolute atomic E-state index is 13.3. The zero-order valence-corrected chi connectivity index (χ0v) is 17.9. The number of urea groups is 1. The minimum atomic E-state index is -4.08. The summed E-state index contributed by atoms with van der Waals surface area (Å²) in [7, 11) is -1.42. The zero-order valence-electron chi connectivity index (χ0n) is 17.1. The van der Waals surface area contributed by atoms with Crippen molar-refractivity contribution < 1.29 is 32.3 Å². The highest BCUT2D eigenvalue weighted by atomic mass is 32.2. The van der Waals surface area contributed by atoms with E-state index in [0.717, 1.165) is 15.6 Å². The summed E-state index contributed by atoms with van der Waals surface area (Å²) in [5.74, 6) is -0.625. The van der Waals surface area contributed by atoms with Gasteiger partial charge in [-0.05, 0) is 37.1 Å². The van der Waals surface area contributed by atoms with E-state index < -0.39 is 40.0 Å². The molecule has 0 aliphatic carbocycles. The average Bonchev–Trinajstić information content (AvgIpc) is 3.27. The maximum atomic E-state index is 13.3. The third-order valence-corrected chi connectivity index (χ3v) is 7.04. The lowest BCUT2D eigenvalue weighted by Crippen LogP contribution is -2.43. The Kier molecular flexibility index (Phi) is 6.32. The van der Waals surface area contributed by atoms with Crippen molar-refractivity contribution in [2.24, 2.45) is 0 Å². The van der Waals surface area contributed by atoms with Gasteiger partial charge in [0, 0.05) is 13.6 Å². The fourth-order valence-electron chi connectivity index (χ4n) is 3.65. The van der Waals surface area contributed by atoms with E-state index in [9.17, 15) is 22.8 Å². The lowest BCUT2D eigenvalue weighted by molar-refractivity contribution is -0.144. The molecule has 0 spiro atoms. The smallest absolute Gasteiger partial charge is 0.327 e. The van der Waals surface area contributed by atoms with Gasteiger partial charge in [0.15, 0.2) is 0 Å². The molecule has 0 unspecified atom stereocenters. The van der Waals surface area contributed by atoms with Crippen LogP contribution in [0, 0.1) is 0 Å². The second-order valence-corrected chi connectivity index (χ2v) is 9.12. The van der Waals surface area contributed by atoms with Gasteiger partial charge in [0.05, 0.1) is 24.7 Å². The largest absolute Gasteiger partial charge is 0.494 e. The van der Waals surface area contributed by atoms with Gasteiger partial charge in [-0.2, -0.15) is 4.31 Å². The third kappa shape index (κ3) is 3.99. The van der Waals surface area contributed by atoms with Gasteiger partial charge in [0.25, 0.3) is 5.91 Å². The second-order valence-electron chi connectivity index (χ2n) is 7.23. The first-order valence-electron chi connectivity index (χ1n) is 9.60. The molecule has 0 aromatic heterocycles. The van der Waals surface area contributed by atoms with Gasteiger partial charge in [0.2, 0.25) is 10.0 Å². The van der Waals surface area contributed by atoms with Crippen molar-refractivity contribution in [3.63, 3.8) is 0 Å². The van der Waals surface area contributed by atoms with Crippen molar-refractivity contribution in [2.45, 2.75) is 36.7 Å². The molecular formula is C19H25N3O7S. The van der Waals surface area contributed by atoms with Crippen LogP contribution in [0.3, 0.4) is 0 Å². The summed E-state index contributed by atoms with van der Waals surface area (Å²) in [5, 5.41) is 0. The van der Waals surface area contributed by atoms with Crippen molar-refractivity contribution in [2.75, 3.05) is 33.9 Å². The van der Waals surface area contributed by atoms with Gasteiger partial charge in [-0.1, -0.05) is 6.92 Å². The van der Waals surface area contributed by atoms with E-state index >= 15 is 0 Å². The molecule has 11 heteroatoms. The molecule has 1 aromatic rings. The van der Waals surface area contributed by atoms with Crippen molar-refractivity contribution in [3.8, 4) is 5.75 Å². The normalized spacial score (nSPS) is 22.6. The number of hydrogen-bond acceptors (Lipinski definition) is 7. The zero-order chi connectivity index (χ0) is 22.1. The molecule has 0 bridgehead atoms. The number of sulfonamides is 1. The third-order valence-electron chi connectivity index (χ3n) is 5.15. The molecule has 2 atom stereocenters. The lowest BCUT2D eigenvalue weighted by atomic mass is 10.1. The van der Waals surface area contributed by atoms with Crippen LogP contribution < -0.4 is 4.74 Å². The van der Waals surface area contributed by atoms with E-state index in [1.165, 1.54) is 31.2 Å². The number of imide groups is 1. The van der Waals surface area contributed by atoms with Crippen molar-refractivity contribution >= 4 is 27.9 Å². The Morgan fingerprint density at radius 3 is 2.40 bits per heavy atom. The monoisotopic (exact) mass is 439 g/mol. The van der Waals surface area contributed by atoms with Gasteiger partial charge < -0.3 is 14.4 Å². The first kappa shape index (κ1) is 22.0. The molecule has 1 aromatic carbocycles. The highest BCUT2D eigenvalue weighted by molar-refractivity contribution is 7.89. The molecule has 2 heterocycles. The molecule has 0 radical (unpaired) electrons. The Morgan fingerprint density at radius 1 is 1.20 bits per heavy atom. The van der Waals surface area contributed by atoms with E-state index in [0.29, 0.717) is 12.4 Å². The number of esters is 1. The minimum absolute atomic E-state index is 0.0166. The average molecular weight is 439 g/mol. The van der Waals surface area contributed by atoms with Crippen molar-refractivity contribution in [1.82, 2.24) is 14.1 Å². The Bertz CT molecular complexity index is 932. The van der Waals surface area contributed by atoms with Crippen LogP contribution in [-0.2, 0) is 24.3 Å². The molecule has 0 N–H and O–H groups in total. The quantitative estimate of drug-likeness (QED) is 0.453. The number of amides is 3. The standard InChI is InChI=1S/C19H25N3O7S/c1-4-9-29-14-5-7-15(8-6-14)30(26,27)21-11-13(10-16(21)18(24)28-3)22-17(23)12-20(2)19(22)25/h5-8,13,16H,4,9-12H2,1-3H3/t13-,16+/m0/s1. The van der Waals surface area contributed by atoms with Crippen LogP contribution >= 0.6 is 0 Å². The summed E-state index contributed by atoms with van der Waals surface area (Å²) < 4.78 is 37.8. The number of nitrogens with zero attached hydrogens (tertiary/aromatic N) is 3. The molecule has 30 heavy (non-hydrogen) atoms. The van der Waals surface area contributed by atoms with E-state index in [4.69, 9.17) is 9.47 Å². The Morgan fingerprint density at radius 2 is 1.87 bits per heavy atom. The second kappa shape index (κ2) is 8.60. The molecule has 2 aliphatic heterocycles. The van der Waals surface area contributed by atoms with Gasteiger partial charge >= 0.3 is 12.0 Å². The summed E-state index contributed by atoms with van der Waals surface area (Å²) >= 11 is 0. The predicted molar refractivity (Wildman–Crippen MR) is 105 cm³/mol. The highest BCUT2D eigenvalue weighted by Crippen LogP contribution is 2.31. The van der Waals surface area contributed by atoms with Crippen LogP contribution in [0.5, 0.6) is 5.75 Å². The molecule has 0 saturated carbocycles. The number of carbonyl (C=O) groups is 3. The molecular weight excluding hydrogens is 414 g/mol. The molecule has 3 amide bonds. The maximum Gasteiger partial charge on any atom is 0.327 e. The van der Waals surface area contributed by atoms with Gasteiger partial charge in [-0.25, -0.2) is 13.2 Å². The van der Waals surface area contributed by atoms with Crippen LogP contribution in [0.4, 0.5) is 4.79 Å². The summed E-state index contributed by atoms with van der Waals surface area (Å²) in [4.78, 5) is 39.2. The first-order valence-corrected chi connectivity index (χ1v) is 11.0. The Labute approximate surface area is 175 Å². The summed E-state index contributed by atoms with van der Waals surface area (Å²) in [5.41, 5.74) is 0. The van der Waals surface area contributed by atoms with E-state index in [1.54, 1.807) is 12.1 Å². The number of likely N-dealkylation sites (N-methyl/N-ethyl adjacent to an activating group) is 1. The summed E-state index contributed by atoms with van der Waals surface area (Å²) in [6, 6.07) is 3.51. The van der Waals surface area contributed by atoms with Crippen molar-refractivity contribution in [3.05, 3.63) is 24.3 Å². The van der Waals surface area contributed by atoms with Crippen LogP contribution in [-0.4, -0.2) is 86.4 Å². The number of hydrogen-bond donors (Lipinski definition) is 0. The minimum Gasteiger partial charge on any atom is -0.494 e. The van der Waals surface area contributed by atoms with Gasteiger partial charge in [0.1, 0.15) is 18.3 Å². The number of benzene rings is 1. The number of rotatable bonds is 7. The molecule has 3 rings (SSSR count). The summed E-state index contributed by atoms with van der Waals surface area (Å²) in [6.07, 6.45) is 0.800. The summed E-state index contributed by atoms with van der Waals surface area (Å²) in [6.45, 7) is 2.21. The Hall–Kier alpha value is -2.66. The first-order chi connectivity index (χ1) is 14.2. The van der Waals surface area contributed by atoms with Crippen LogP contribution in [0.2, 0.25) is 0 Å². The molecule has 2 saturated heterocycles. The fourth-order valence-corrected chi connectivity index (χ4v) is 5.27. The number of ether oxygens (including phenoxy) is 2. The molecule has 2 aliphatic rings. The lowest BCUT2D eigenvalue weighted by Gasteiger charge is -2.23. The van der Waals surface area contributed by atoms with E-state index in [1.807, 2.05) is 6.92 Å². The Balaban J connectivity index is 1.88. The SMILES string of the molecule is CCCOc1ccc(S(=O)(=O)N2C[C@@H](N3C(=O)CN(C)C3=O)C[C@@H]2C(=O)OC)cc1. The highest BCUT2D eigenvalue weighted by Gasteiger charge is 2.50. The number of carbonyl (C=O) groups excluding carboxylic acids is 3. The van der Waals surface area contributed by atoms with Crippen LogP contribution in [0.15, 0.2) is 29.2 Å². The topological polar surface area (TPSA) is 114 Å². The van der Waals surface area contributed by atoms with Crippen molar-refractivity contribution in [1.29, 1.82) is 0 Å². The molecule has 2 fully saturated rings. The molecule has 164 valence electrons. The van der Waals surface area contributed by atoms with Crippen LogP contribution in [0.25, 0.3) is 0 Å². The predicted octanol–water partition coefficient (Wildman–Crippen LogP) is 0.674. The number of methoxy groups -OCH3 is 1. The van der Waals surface area contributed by atoms with Gasteiger partial charge in [-0.15, -0.1) is 0 Å². The van der Waals surface area contributed by atoms with E-state index in [2.05, 4.69) is 0 Å². The van der Waals surface area contributed by atoms with Gasteiger partial charge in [-0.3, -0.25) is 14.5 Å². The van der Waals surface area contributed by atoms with E-state index in [-0.39, 0.29) is 24.4 Å². The van der Waals surface area contributed by atoms with Crippen LogP contribution in [0.1, 0.15) is 19.8 Å². The molecule has 10 nitrogen and oxygen atoms in total.